The van der Waals surface area contributed by atoms with Crippen LogP contribution in [0.5, 0.6) is 0 Å². The lowest BCUT2D eigenvalue weighted by molar-refractivity contribution is -0.151. The molecule has 1 atom stereocenters. The van der Waals surface area contributed by atoms with E-state index < -0.39 is 5.92 Å². The van der Waals surface area contributed by atoms with Crippen molar-refractivity contribution in [2.24, 2.45) is 11.8 Å². The first-order valence-corrected chi connectivity index (χ1v) is 4.73. The van der Waals surface area contributed by atoms with E-state index in [1.165, 1.54) is 0 Å². The van der Waals surface area contributed by atoms with Gasteiger partial charge in [-0.05, 0) is 12.3 Å². The smallest absolute Gasteiger partial charge is 0.316 e. The van der Waals surface area contributed by atoms with Gasteiger partial charge in [-0.3, -0.25) is 4.79 Å². The summed E-state index contributed by atoms with van der Waals surface area (Å²) in [5, 5.41) is 0. The Hall–Kier alpha value is -0.860. The number of esters is 1. The molecule has 0 aromatic rings. The zero-order valence-electron chi connectivity index (χ0n) is 8.58. The Morgan fingerprint density at radius 2 is 2.08 bits per heavy atom. The number of carbonyl (C=O) groups is 2. The Morgan fingerprint density at radius 1 is 1.46 bits per heavy atom. The molecule has 0 fully saturated rings. The van der Waals surface area contributed by atoms with Gasteiger partial charge in [0.2, 0.25) is 0 Å². The summed E-state index contributed by atoms with van der Waals surface area (Å²) in [5.74, 6) is -0.632. The summed E-state index contributed by atoms with van der Waals surface area (Å²) in [7, 11) is 0. The van der Waals surface area contributed by atoms with Gasteiger partial charge in [0, 0.05) is 0 Å². The summed E-state index contributed by atoms with van der Waals surface area (Å²) in [6, 6.07) is 0. The monoisotopic (exact) mass is 186 g/mol. The van der Waals surface area contributed by atoms with Crippen molar-refractivity contribution >= 4 is 12.3 Å². The van der Waals surface area contributed by atoms with Gasteiger partial charge in [0.25, 0.3) is 0 Å². The third-order valence-corrected chi connectivity index (χ3v) is 1.63. The fourth-order valence-corrected chi connectivity index (χ4v) is 0.908. The number of hydrogen-bond acceptors (Lipinski definition) is 3. The highest BCUT2D eigenvalue weighted by molar-refractivity contribution is 5.87. The molecule has 0 N–H and O–H groups in total. The van der Waals surface area contributed by atoms with E-state index in [-0.39, 0.29) is 5.97 Å². The first-order chi connectivity index (χ1) is 6.11. The largest absolute Gasteiger partial charge is 0.465 e. The Kier molecular flexibility index (Phi) is 6.20. The molecule has 3 nitrogen and oxygen atoms in total. The maximum absolute atomic E-state index is 11.2. The minimum absolute atomic E-state index is 0.317. The zero-order valence-corrected chi connectivity index (χ0v) is 8.58. The minimum atomic E-state index is -0.566. The Bertz CT molecular complexity index is 164. The number of hydrogen-bond donors (Lipinski definition) is 0. The highest BCUT2D eigenvalue weighted by Crippen LogP contribution is 2.06. The van der Waals surface area contributed by atoms with Crippen molar-refractivity contribution in [3.05, 3.63) is 0 Å². The van der Waals surface area contributed by atoms with Gasteiger partial charge in [-0.2, -0.15) is 0 Å². The molecule has 76 valence electrons. The molecule has 0 aromatic carbocycles. The molecule has 0 radical (unpaired) electrons. The van der Waals surface area contributed by atoms with Gasteiger partial charge in [0.05, 0.1) is 6.61 Å². The van der Waals surface area contributed by atoms with Crippen LogP contribution in [0.15, 0.2) is 0 Å². The van der Waals surface area contributed by atoms with Crippen LogP contribution in [0.4, 0.5) is 0 Å². The topological polar surface area (TPSA) is 43.4 Å². The van der Waals surface area contributed by atoms with Crippen molar-refractivity contribution in [2.75, 3.05) is 6.61 Å². The summed E-state index contributed by atoms with van der Waals surface area (Å²) < 4.78 is 4.94. The molecule has 0 aliphatic rings. The van der Waals surface area contributed by atoms with E-state index in [1.54, 1.807) is 0 Å². The third kappa shape index (κ3) is 5.39. The third-order valence-electron chi connectivity index (χ3n) is 1.63. The summed E-state index contributed by atoms with van der Waals surface area (Å²) in [4.78, 5) is 21.7. The maximum atomic E-state index is 11.2. The van der Waals surface area contributed by atoms with Crippen LogP contribution in [0.1, 0.15) is 33.6 Å². The van der Waals surface area contributed by atoms with Crippen molar-refractivity contribution in [1.82, 2.24) is 0 Å². The Labute approximate surface area is 79.5 Å². The van der Waals surface area contributed by atoms with Gasteiger partial charge in [-0.15, -0.1) is 0 Å². The van der Waals surface area contributed by atoms with Gasteiger partial charge in [0.15, 0.2) is 0 Å². The summed E-state index contributed by atoms with van der Waals surface area (Å²) in [5.41, 5.74) is 0. The molecular formula is C10H18O3. The number of carbonyl (C=O) groups excluding carboxylic acids is 2. The molecule has 0 bridgehead atoms. The second-order valence-corrected chi connectivity index (χ2v) is 3.56. The molecule has 0 saturated carbocycles. The van der Waals surface area contributed by atoms with Crippen molar-refractivity contribution in [2.45, 2.75) is 33.6 Å². The molecule has 0 aliphatic carbocycles. The average molecular weight is 186 g/mol. The molecular weight excluding hydrogens is 168 g/mol. The van der Waals surface area contributed by atoms with E-state index >= 15 is 0 Å². The molecule has 0 aromatic heterocycles. The lowest BCUT2D eigenvalue weighted by Crippen LogP contribution is -2.20. The molecule has 3 heteroatoms. The summed E-state index contributed by atoms with van der Waals surface area (Å²) in [6.07, 6.45) is 2.08. The van der Waals surface area contributed by atoms with E-state index in [0.29, 0.717) is 25.2 Å². The number of aldehydes is 1. The van der Waals surface area contributed by atoms with Crippen LogP contribution in [-0.2, 0) is 14.3 Å². The second-order valence-electron chi connectivity index (χ2n) is 3.56. The molecule has 0 aliphatic heterocycles. The Balaban J connectivity index is 3.84. The quantitative estimate of drug-likeness (QED) is 0.361. The first-order valence-electron chi connectivity index (χ1n) is 4.73. The lowest BCUT2D eigenvalue weighted by atomic mass is 10.1. The lowest BCUT2D eigenvalue weighted by Gasteiger charge is -2.10. The van der Waals surface area contributed by atoms with Gasteiger partial charge in [-0.25, -0.2) is 0 Å². The van der Waals surface area contributed by atoms with Crippen LogP contribution in [0, 0.1) is 11.8 Å². The van der Waals surface area contributed by atoms with E-state index in [4.69, 9.17) is 4.74 Å². The molecule has 0 spiro atoms. The molecule has 1 unspecified atom stereocenters. The van der Waals surface area contributed by atoms with Gasteiger partial charge >= 0.3 is 5.97 Å². The van der Waals surface area contributed by atoms with E-state index in [0.717, 1.165) is 6.42 Å². The van der Waals surface area contributed by atoms with Crippen molar-refractivity contribution < 1.29 is 14.3 Å². The average Bonchev–Trinajstić information content (AvgIpc) is 2.10. The second kappa shape index (κ2) is 6.63. The highest BCUT2D eigenvalue weighted by atomic mass is 16.5. The summed E-state index contributed by atoms with van der Waals surface area (Å²) in [6.45, 7) is 6.26. The van der Waals surface area contributed by atoms with E-state index in [1.807, 2.05) is 20.8 Å². The van der Waals surface area contributed by atoms with E-state index in [2.05, 4.69) is 0 Å². The number of ether oxygens (including phenoxy) is 1. The SMILES string of the molecule is CCCC(C=O)C(=O)OCC(C)C. The normalized spacial score (nSPS) is 12.6. The predicted molar refractivity (Wildman–Crippen MR) is 50.3 cm³/mol. The van der Waals surface area contributed by atoms with Crippen molar-refractivity contribution in [3.63, 3.8) is 0 Å². The van der Waals surface area contributed by atoms with Crippen LogP contribution >= 0.6 is 0 Å². The van der Waals surface area contributed by atoms with Crippen molar-refractivity contribution in [1.29, 1.82) is 0 Å². The van der Waals surface area contributed by atoms with Crippen LogP contribution < -0.4 is 0 Å². The van der Waals surface area contributed by atoms with Crippen LogP contribution in [0.2, 0.25) is 0 Å². The van der Waals surface area contributed by atoms with Crippen LogP contribution in [0.25, 0.3) is 0 Å². The predicted octanol–water partition coefficient (Wildman–Crippen LogP) is 1.80. The van der Waals surface area contributed by atoms with Crippen LogP contribution in [-0.4, -0.2) is 18.9 Å². The maximum Gasteiger partial charge on any atom is 0.316 e. The fraction of sp³-hybridized carbons (Fsp3) is 0.800. The zero-order chi connectivity index (χ0) is 10.3. The van der Waals surface area contributed by atoms with E-state index in [9.17, 15) is 9.59 Å². The standard InChI is InChI=1S/C10H18O3/c1-4-5-9(6-11)10(12)13-7-8(2)3/h6,8-9H,4-5,7H2,1-3H3. The molecule has 13 heavy (non-hydrogen) atoms. The summed E-state index contributed by atoms with van der Waals surface area (Å²) >= 11 is 0. The van der Waals surface area contributed by atoms with Gasteiger partial charge < -0.3 is 9.53 Å². The molecule has 0 heterocycles. The molecule has 0 amide bonds. The first kappa shape index (κ1) is 12.1. The van der Waals surface area contributed by atoms with Crippen molar-refractivity contribution in [3.8, 4) is 0 Å². The van der Waals surface area contributed by atoms with Gasteiger partial charge in [-0.1, -0.05) is 27.2 Å². The van der Waals surface area contributed by atoms with Gasteiger partial charge in [0.1, 0.15) is 12.2 Å². The number of rotatable bonds is 6. The fourth-order valence-electron chi connectivity index (χ4n) is 0.908. The molecule has 0 saturated heterocycles. The van der Waals surface area contributed by atoms with Crippen LogP contribution in [0.3, 0.4) is 0 Å². The Morgan fingerprint density at radius 3 is 2.46 bits per heavy atom. The highest BCUT2D eigenvalue weighted by Gasteiger charge is 2.17. The minimum Gasteiger partial charge on any atom is -0.465 e. The molecule has 0 rings (SSSR count).